The third-order valence-corrected chi connectivity index (χ3v) is 4.16. The zero-order valence-corrected chi connectivity index (χ0v) is 12.5. The van der Waals surface area contributed by atoms with Gasteiger partial charge in [-0.3, -0.25) is 10.3 Å². The van der Waals surface area contributed by atoms with E-state index in [1.54, 1.807) is 7.11 Å². The Morgan fingerprint density at radius 1 is 1.45 bits per heavy atom. The molecular formula is C16H25N3O. The molecule has 0 aromatic heterocycles. The van der Waals surface area contributed by atoms with E-state index in [1.165, 1.54) is 37.8 Å². The molecule has 4 nitrogen and oxygen atoms in total. The number of ether oxygens (including phenoxy) is 1. The molecule has 1 aliphatic rings. The Kier molecular flexibility index (Phi) is 5.01. The Balaban J connectivity index is 2.16. The molecule has 110 valence electrons. The van der Waals surface area contributed by atoms with Crippen molar-refractivity contribution in [3.63, 3.8) is 0 Å². The minimum absolute atomic E-state index is 0.0642. The minimum Gasteiger partial charge on any atom is -0.496 e. The van der Waals surface area contributed by atoms with Crippen LogP contribution in [0.3, 0.4) is 0 Å². The SMILES string of the molecule is CCC1CCCCN1Cc1ccc(OC)c(C(=N)N)c1. The third-order valence-electron chi connectivity index (χ3n) is 4.16. The second-order valence-electron chi connectivity index (χ2n) is 5.48. The highest BCUT2D eigenvalue weighted by Gasteiger charge is 2.21. The summed E-state index contributed by atoms with van der Waals surface area (Å²) in [6, 6.07) is 6.66. The number of nitrogens with two attached hydrogens (primary N) is 1. The quantitative estimate of drug-likeness (QED) is 0.641. The predicted molar refractivity (Wildman–Crippen MR) is 82.4 cm³/mol. The number of hydrogen-bond acceptors (Lipinski definition) is 3. The van der Waals surface area contributed by atoms with E-state index < -0.39 is 0 Å². The molecule has 3 N–H and O–H groups in total. The maximum Gasteiger partial charge on any atom is 0.129 e. The average Bonchev–Trinajstić information content (AvgIpc) is 2.47. The number of methoxy groups -OCH3 is 1. The van der Waals surface area contributed by atoms with Crippen LogP contribution in [0.1, 0.15) is 43.7 Å². The summed E-state index contributed by atoms with van der Waals surface area (Å²) >= 11 is 0. The fraction of sp³-hybridized carbons (Fsp3) is 0.562. The van der Waals surface area contributed by atoms with Gasteiger partial charge in [0.1, 0.15) is 11.6 Å². The van der Waals surface area contributed by atoms with E-state index in [0.29, 0.717) is 17.4 Å². The van der Waals surface area contributed by atoms with Gasteiger partial charge < -0.3 is 10.5 Å². The number of nitrogens with zero attached hydrogens (tertiary/aromatic N) is 1. The summed E-state index contributed by atoms with van der Waals surface area (Å²) < 4.78 is 5.26. The molecule has 4 heteroatoms. The van der Waals surface area contributed by atoms with Crippen LogP contribution >= 0.6 is 0 Å². The molecule has 1 aromatic rings. The van der Waals surface area contributed by atoms with Crippen molar-refractivity contribution in [2.24, 2.45) is 5.73 Å². The van der Waals surface area contributed by atoms with Gasteiger partial charge in [0.2, 0.25) is 0 Å². The molecule has 0 bridgehead atoms. The molecule has 0 radical (unpaired) electrons. The lowest BCUT2D eigenvalue weighted by molar-refractivity contribution is 0.136. The first-order valence-electron chi connectivity index (χ1n) is 7.41. The molecule has 0 saturated carbocycles. The predicted octanol–water partition coefficient (Wildman–Crippen LogP) is 2.74. The van der Waals surface area contributed by atoms with Crippen molar-refractivity contribution in [1.29, 1.82) is 5.41 Å². The van der Waals surface area contributed by atoms with Crippen LogP contribution in [0.5, 0.6) is 5.75 Å². The number of likely N-dealkylation sites (tertiary alicyclic amines) is 1. The van der Waals surface area contributed by atoms with Crippen molar-refractivity contribution in [2.75, 3.05) is 13.7 Å². The largest absolute Gasteiger partial charge is 0.496 e. The number of amidine groups is 1. The van der Waals surface area contributed by atoms with Gasteiger partial charge in [-0.1, -0.05) is 19.4 Å². The number of piperidine rings is 1. The van der Waals surface area contributed by atoms with E-state index >= 15 is 0 Å². The van der Waals surface area contributed by atoms with Gasteiger partial charge in [-0.2, -0.15) is 0 Å². The first-order chi connectivity index (χ1) is 9.65. The van der Waals surface area contributed by atoms with E-state index in [9.17, 15) is 0 Å². The average molecular weight is 275 g/mol. The smallest absolute Gasteiger partial charge is 0.129 e. The van der Waals surface area contributed by atoms with Crippen molar-refractivity contribution < 1.29 is 4.74 Å². The Bertz CT molecular complexity index is 473. The summed E-state index contributed by atoms with van der Waals surface area (Å²) in [6.45, 7) is 4.36. The molecule has 20 heavy (non-hydrogen) atoms. The summed E-state index contributed by atoms with van der Waals surface area (Å²) in [5.74, 6) is 0.737. The normalized spacial score (nSPS) is 19.8. The van der Waals surface area contributed by atoms with Crippen LogP contribution < -0.4 is 10.5 Å². The van der Waals surface area contributed by atoms with Gasteiger partial charge in [-0.25, -0.2) is 0 Å². The molecule has 0 spiro atoms. The first-order valence-corrected chi connectivity index (χ1v) is 7.41. The standard InChI is InChI=1S/C16H25N3O/c1-3-13-6-4-5-9-19(13)11-12-7-8-15(20-2)14(10-12)16(17)18/h7-8,10,13H,3-6,9,11H2,1-2H3,(H3,17,18). The van der Waals surface area contributed by atoms with Gasteiger partial charge >= 0.3 is 0 Å². The molecule has 1 heterocycles. The highest BCUT2D eigenvalue weighted by Crippen LogP contribution is 2.24. The maximum atomic E-state index is 7.66. The van der Waals surface area contributed by atoms with Crippen molar-refractivity contribution in [3.05, 3.63) is 29.3 Å². The Morgan fingerprint density at radius 3 is 2.90 bits per heavy atom. The molecule has 1 atom stereocenters. The summed E-state index contributed by atoms with van der Waals surface area (Å²) in [5, 5.41) is 7.66. The van der Waals surface area contributed by atoms with Gasteiger partial charge in [-0.15, -0.1) is 0 Å². The lowest BCUT2D eigenvalue weighted by Crippen LogP contribution is -2.38. The van der Waals surface area contributed by atoms with Crippen molar-refractivity contribution in [1.82, 2.24) is 4.90 Å². The molecule has 2 rings (SSSR count). The molecular weight excluding hydrogens is 250 g/mol. The van der Waals surface area contributed by atoms with Crippen LogP contribution in [0.25, 0.3) is 0 Å². The number of nitrogen functional groups attached to an aromatic ring is 1. The number of benzene rings is 1. The number of rotatable bonds is 5. The van der Waals surface area contributed by atoms with E-state index in [2.05, 4.69) is 17.9 Å². The molecule has 1 saturated heterocycles. The van der Waals surface area contributed by atoms with E-state index in [1.807, 2.05) is 12.1 Å². The van der Waals surface area contributed by atoms with Crippen LogP contribution in [0.4, 0.5) is 0 Å². The number of hydrogen-bond donors (Lipinski definition) is 2. The van der Waals surface area contributed by atoms with Crippen molar-refractivity contribution >= 4 is 5.84 Å². The molecule has 1 unspecified atom stereocenters. The molecule has 0 amide bonds. The molecule has 1 fully saturated rings. The Hall–Kier alpha value is -1.55. The van der Waals surface area contributed by atoms with Gasteiger partial charge in [-0.05, 0) is 43.5 Å². The number of nitrogens with one attached hydrogen (secondary N) is 1. The van der Waals surface area contributed by atoms with Crippen LogP contribution in [-0.2, 0) is 6.54 Å². The second kappa shape index (κ2) is 6.75. The first kappa shape index (κ1) is 14.9. The topological polar surface area (TPSA) is 62.3 Å². The lowest BCUT2D eigenvalue weighted by atomic mass is 9.98. The van der Waals surface area contributed by atoms with Crippen LogP contribution in [0.2, 0.25) is 0 Å². The van der Waals surface area contributed by atoms with Gasteiger partial charge in [0.15, 0.2) is 0 Å². The molecule has 0 aliphatic carbocycles. The second-order valence-corrected chi connectivity index (χ2v) is 5.48. The van der Waals surface area contributed by atoms with Crippen LogP contribution in [0.15, 0.2) is 18.2 Å². The zero-order chi connectivity index (χ0) is 14.5. The molecule has 1 aromatic carbocycles. The van der Waals surface area contributed by atoms with Crippen molar-refractivity contribution in [3.8, 4) is 5.75 Å². The maximum absolute atomic E-state index is 7.66. The van der Waals surface area contributed by atoms with E-state index in [-0.39, 0.29) is 5.84 Å². The highest BCUT2D eigenvalue weighted by molar-refractivity contribution is 5.97. The van der Waals surface area contributed by atoms with Crippen molar-refractivity contribution in [2.45, 2.75) is 45.2 Å². The highest BCUT2D eigenvalue weighted by atomic mass is 16.5. The summed E-state index contributed by atoms with van der Waals surface area (Å²) in [4.78, 5) is 2.55. The van der Waals surface area contributed by atoms with Crippen LogP contribution in [-0.4, -0.2) is 30.4 Å². The van der Waals surface area contributed by atoms with E-state index in [0.717, 1.165) is 6.54 Å². The summed E-state index contributed by atoms with van der Waals surface area (Å²) in [7, 11) is 1.61. The fourth-order valence-corrected chi connectivity index (χ4v) is 3.03. The van der Waals surface area contributed by atoms with E-state index in [4.69, 9.17) is 15.9 Å². The molecule has 1 aliphatic heterocycles. The van der Waals surface area contributed by atoms with Gasteiger partial charge in [0.25, 0.3) is 0 Å². The van der Waals surface area contributed by atoms with Gasteiger partial charge in [0, 0.05) is 12.6 Å². The zero-order valence-electron chi connectivity index (χ0n) is 12.5. The Labute approximate surface area is 121 Å². The third kappa shape index (κ3) is 3.31. The summed E-state index contributed by atoms with van der Waals surface area (Å²) in [5.41, 5.74) is 7.53. The summed E-state index contributed by atoms with van der Waals surface area (Å²) in [6.07, 6.45) is 5.13. The minimum atomic E-state index is 0.0642. The monoisotopic (exact) mass is 275 g/mol. The lowest BCUT2D eigenvalue weighted by Gasteiger charge is -2.35. The van der Waals surface area contributed by atoms with Gasteiger partial charge in [0.05, 0.1) is 12.7 Å². The van der Waals surface area contributed by atoms with Crippen LogP contribution in [0, 0.1) is 5.41 Å². The fourth-order valence-electron chi connectivity index (χ4n) is 3.03. The Morgan fingerprint density at radius 2 is 2.25 bits per heavy atom.